The maximum absolute atomic E-state index is 5.85. The third kappa shape index (κ3) is 2.76. The summed E-state index contributed by atoms with van der Waals surface area (Å²) >= 11 is 5.85. The molecule has 3 heteroatoms. The Hall–Kier alpha value is -1.01. The van der Waals surface area contributed by atoms with Gasteiger partial charge in [0.15, 0.2) is 0 Å². The molecule has 1 saturated heterocycles. The van der Waals surface area contributed by atoms with Gasteiger partial charge in [0.1, 0.15) is 0 Å². The minimum absolute atomic E-state index is 0.111. The van der Waals surface area contributed by atoms with Gasteiger partial charge < -0.3 is 4.74 Å². The van der Waals surface area contributed by atoms with Crippen molar-refractivity contribution in [3.05, 3.63) is 34.9 Å². The average Bonchev–Trinajstić information content (AvgIpc) is 2.31. The predicted molar refractivity (Wildman–Crippen MR) is 65.4 cm³/mol. The molecule has 1 atom stereocenters. The van der Waals surface area contributed by atoms with Crippen molar-refractivity contribution in [2.24, 2.45) is 0 Å². The maximum Gasteiger partial charge on any atom is 0.0952 e. The fraction of sp³-hybridized carbons (Fsp3) is 0.385. The van der Waals surface area contributed by atoms with Crippen molar-refractivity contribution in [2.45, 2.75) is 6.10 Å². The van der Waals surface area contributed by atoms with Crippen LogP contribution in [0.4, 0.5) is 0 Å². The monoisotopic (exact) mass is 235 g/mol. The minimum atomic E-state index is 0.111. The lowest BCUT2D eigenvalue weighted by atomic mass is 10.1. The van der Waals surface area contributed by atoms with Crippen molar-refractivity contribution in [3.63, 3.8) is 0 Å². The average molecular weight is 236 g/mol. The molecule has 1 unspecified atom stereocenters. The quantitative estimate of drug-likeness (QED) is 0.730. The Balaban J connectivity index is 2.04. The summed E-state index contributed by atoms with van der Waals surface area (Å²) in [5.41, 5.74) is 1.16. The number of halogens is 1. The van der Waals surface area contributed by atoms with Gasteiger partial charge in [0.05, 0.1) is 19.3 Å². The lowest BCUT2D eigenvalue weighted by Crippen LogP contribution is -2.38. The number of nitrogens with zero attached hydrogens (tertiary/aromatic N) is 1. The summed E-state index contributed by atoms with van der Waals surface area (Å²) < 4.78 is 5.73. The summed E-state index contributed by atoms with van der Waals surface area (Å²) in [6.07, 6.45) is 5.42. The molecule has 0 N–H and O–H groups in total. The van der Waals surface area contributed by atoms with Crippen molar-refractivity contribution in [1.29, 1.82) is 0 Å². The zero-order valence-electron chi connectivity index (χ0n) is 9.03. The van der Waals surface area contributed by atoms with Crippen LogP contribution < -0.4 is 0 Å². The molecule has 1 fully saturated rings. The second-order valence-corrected chi connectivity index (χ2v) is 4.29. The van der Waals surface area contributed by atoms with Gasteiger partial charge in [0.25, 0.3) is 0 Å². The summed E-state index contributed by atoms with van der Waals surface area (Å²) in [6, 6.07) is 7.79. The molecule has 0 aliphatic carbocycles. The largest absolute Gasteiger partial charge is 0.371 e. The van der Waals surface area contributed by atoms with Crippen LogP contribution in [0.3, 0.4) is 0 Å². The zero-order valence-corrected chi connectivity index (χ0v) is 9.78. The van der Waals surface area contributed by atoms with Crippen LogP contribution in [0.5, 0.6) is 0 Å². The number of rotatable bonds is 2. The van der Waals surface area contributed by atoms with E-state index in [4.69, 9.17) is 22.8 Å². The maximum atomic E-state index is 5.85. The Morgan fingerprint density at radius 1 is 1.44 bits per heavy atom. The van der Waals surface area contributed by atoms with Gasteiger partial charge in [0, 0.05) is 18.1 Å². The Kier molecular flexibility index (Phi) is 3.84. The van der Waals surface area contributed by atoms with E-state index in [-0.39, 0.29) is 6.10 Å². The van der Waals surface area contributed by atoms with E-state index in [1.54, 1.807) is 0 Å². The summed E-state index contributed by atoms with van der Waals surface area (Å²) in [6.45, 7) is 3.18. The number of hydrogen-bond acceptors (Lipinski definition) is 2. The molecule has 1 aromatic carbocycles. The van der Waals surface area contributed by atoms with Gasteiger partial charge in [-0.2, -0.15) is 0 Å². The first-order chi connectivity index (χ1) is 7.79. The molecule has 2 nitrogen and oxygen atoms in total. The van der Waals surface area contributed by atoms with E-state index in [1.807, 2.05) is 24.3 Å². The topological polar surface area (TPSA) is 12.5 Å². The highest BCUT2D eigenvalue weighted by Crippen LogP contribution is 2.23. The molecule has 2 rings (SSSR count). The first-order valence-electron chi connectivity index (χ1n) is 5.32. The van der Waals surface area contributed by atoms with Crippen molar-refractivity contribution in [3.8, 4) is 12.3 Å². The fourth-order valence-electron chi connectivity index (χ4n) is 1.85. The van der Waals surface area contributed by atoms with Crippen LogP contribution in [0.2, 0.25) is 5.02 Å². The summed E-state index contributed by atoms with van der Waals surface area (Å²) in [5.74, 6) is 2.67. The summed E-state index contributed by atoms with van der Waals surface area (Å²) in [4.78, 5) is 2.22. The highest BCUT2D eigenvalue weighted by molar-refractivity contribution is 6.30. The molecule has 0 amide bonds. The lowest BCUT2D eigenvalue weighted by Gasteiger charge is -2.31. The van der Waals surface area contributed by atoms with Crippen LogP contribution in [-0.2, 0) is 4.74 Å². The van der Waals surface area contributed by atoms with Gasteiger partial charge >= 0.3 is 0 Å². The van der Waals surface area contributed by atoms with E-state index >= 15 is 0 Å². The molecule has 0 saturated carbocycles. The van der Waals surface area contributed by atoms with Crippen LogP contribution in [0, 0.1) is 12.3 Å². The first-order valence-corrected chi connectivity index (χ1v) is 5.70. The van der Waals surface area contributed by atoms with Crippen LogP contribution in [0.1, 0.15) is 11.7 Å². The Morgan fingerprint density at radius 2 is 2.19 bits per heavy atom. The molecule has 1 aromatic rings. The smallest absolute Gasteiger partial charge is 0.0952 e. The van der Waals surface area contributed by atoms with Gasteiger partial charge in [-0.3, -0.25) is 4.90 Å². The predicted octanol–water partition coefficient (Wildman–Crippen LogP) is 2.35. The number of terminal acetylenes is 1. The standard InChI is InChI=1S/C13H14ClNO/c1-2-7-15-8-9-16-13(10-15)11-3-5-12(14)6-4-11/h1,3-6,13H,7-10H2. The highest BCUT2D eigenvalue weighted by Gasteiger charge is 2.20. The van der Waals surface area contributed by atoms with Gasteiger partial charge in [-0.1, -0.05) is 29.7 Å². The highest BCUT2D eigenvalue weighted by atomic mass is 35.5. The number of ether oxygens (including phenoxy) is 1. The number of benzene rings is 1. The van der Waals surface area contributed by atoms with Crippen LogP contribution >= 0.6 is 11.6 Å². The summed E-state index contributed by atoms with van der Waals surface area (Å²) in [5, 5.41) is 0.750. The first kappa shape index (κ1) is 11.5. The van der Waals surface area contributed by atoms with Gasteiger partial charge in [-0.15, -0.1) is 6.42 Å². The van der Waals surface area contributed by atoms with E-state index in [0.29, 0.717) is 6.54 Å². The van der Waals surface area contributed by atoms with Gasteiger partial charge in [0.2, 0.25) is 0 Å². The molecule has 0 bridgehead atoms. The van der Waals surface area contributed by atoms with E-state index in [0.717, 1.165) is 30.3 Å². The Morgan fingerprint density at radius 3 is 2.88 bits per heavy atom. The van der Waals surface area contributed by atoms with Crippen LogP contribution in [0.15, 0.2) is 24.3 Å². The van der Waals surface area contributed by atoms with Crippen molar-refractivity contribution >= 4 is 11.6 Å². The SMILES string of the molecule is C#CCN1CCOC(c2ccc(Cl)cc2)C1. The molecule has 84 valence electrons. The second kappa shape index (κ2) is 5.36. The Bertz CT molecular complexity index is 382. The number of hydrogen-bond donors (Lipinski definition) is 0. The molecular weight excluding hydrogens is 222 g/mol. The molecular formula is C13H14ClNO. The van der Waals surface area contributed by atoms with E-state index in [9.17, 15) is 0 Å². The molecule has 1 aliphatic heterocycles. The van der Waals surface area contributed by atoms with Crippen LogP contribution in [0.25, 0.3) is 0 Å². The third-order valence-corrected chi connectivity index (χ3v) is 2.96. The Labute approximate surface area is 101 Å². The molecule has 0 radical (unpaired) electrons. The molecule has 0 spiro atoms. The van der Waals surface area contributed by atoms with Gasteiger partial charge in [-0.05, 0) is 17.7 Å². The van der Waals surface area contributed by atoms with E-state index in [2.05, 4.69) is 10.8 Å². The van der Waals surface area contributed by atoms with Crippen molar-refractivity contribution < 1.29 is 4.74 Å². The van der Waals surface area contributed by atoms with Crippen LogP contribution in [-0.4, -0.2) is 31.1 Å². The lowest BCUT2D eigenvalue weighted by molar-refractivity contribution is -0.0253. The van der Waals surface area contributed by atoms with Crippen molar-refractivity contribution in [1.82, 2.24) is 4.90 Å². The zero-order chi connectivity index (χ0) is 11.4. The molecule has 16 heavy (non-hydrogen) atoms. The third-order valence-electron chi connectivity index (χ3n) is 2.71. The van der Waals surface area contributed by atoms with Crippen molar-refractivity contribution in [2.75, 3.05) is 26.2 Å². The second-order valence-electron chi connectivity index (χ2n) is 3.85. The number of morpholine rings is 1. The fourth-order valence-corrected chi connectivity index (χ4v) is 1.98. The van der Waals surface area contributed by atoms with E-state index < -0.39 is 0 Å². The molecule has 1 aliphatic rings. The molecule has 0 aromatic heterocycles. The van der Waals surface area contributed by atoms with Gasteiger partial charge in [-0.25, -0.2) is 0 Å². The molecule has 1 heterocycles. The minimum Gasteiger partial charge on any atom is -0.371 e. The summed E-state index contributed by atoms with van der Waals surface area (Å²) in [7, 11) is 0. The normalized spacial score (nSPS) is 21.6. The van der Waals surface area contributed by atoms with E-state index in [1.165, 1.54) is 0 Å².